The first kappa shape index (κ1) is 29.1. The number of nitrogens with one attached hydrogen (secondary N) is 1. The maximum atomic E-state index is 17.0. The molecule has 44 heavy (non-hydrogen) atoms. The van der Waals surface area contributed by atoms with Gasteiger partial charge in [0.25, 0.3) is 0 Å². The third-order valence-electron chi connectivity index (χ3n) is 9.40. The molecule has 0 saturated carbocycles. The zero-order valence-corrected chi connectivity index (χ0v) is 25.4. The van der Waals surface area contributed by atoms with Gasteiger partial charge < -0.3 is 10.5 Å². The summed E-state index contributed by atoms with van der Waals surface area (Å²) in [4.78, 5) is 11.6. The number of hydrogen-bond acceptors (Lipinski definition) is 9. The van der Waals surface area contributed by atoms with E-state index in [4.69, 9.17) is 15.5 Å². The monoisotopic (exact) mass is 621 g/mol. The highest BCUT2D eigenvalue weighted by atomic mass is 32.1. The normalized spacial score (nSPS) is 22.4. The number of nitriles is 1. The highest BCUT2D eigenvalue weighted by Gasteiger charge is 2.49. The van der Waals surface area contributed by atoms with Crippen LogP contribution in [0.2, 0.25) is 0 Å². The van der Waals surface area contributed by atoms with Crippen molar-refractivity contribution in [1.29, 1.82) is 5.26 Å². The number of nitrogens with two attached hydrogens (primary N) is 1. The summed E-state index contributed by atoms with van der Waals surface area (Å²) in [6, 6.07) is 6.79. The first-order chi connectivity index (χ1) is 21.3. The predicted octanol–water partition coefficient (Wildman–Crippen LogP) is 6.26. The van der Waals surface area contributed by atoms with Crippen molar-refractivity contribution in [3.8, 4) is 23.2 Å². The molecule has 3 fully saturated rings. The van der Waals surface area contributed by atoms with Gasteiger partial charge in [0.1, 0.15) is 35.2 Å². The van der Waals surface area contributed by atoms with Gasteiger partial charge in [-0.15, -0.1) is 11.3 Å². The van der Waals surface area contributed by atoms with Gasteiger partial charge in [0.15, 0.2) is 11.6 Å². The fourth-order valence-corrected chi connectivity index (χ4v) is 8.24. The molecule has 3 aliphatic rings. The lowest BCUT2D eigenvalue weighted by Crippen LogP contribution is -2.43. The molecule has 2 aromatic carbocycles. The quantitative estimate of drug-likeness (QED) is 0.260. The van der Waals surface area contributed by atoms with Gasteiger partial charge in [-0.3, -0.25) is 9.91 Å². The molecule has 3 aliphatic heterocycles. The Hall–Kier alpha value is -3.66. The molecule has 0 aliphatic carbocycles. The van der Waals surface area contributed by atoms with Gasteiger partial charge in [0, 0.05) is 42.4 Å². The van der Waals surface area contributed by atoms with Crippen molar-refractivity contribution in [3.63, 3.8) is 0 Å². The molecule has 3 saturated heterocycles. The summed E-state index contributed by atoms with van der Waals surface area (Å²) in [5.41, 5.74) is 10.6. The maximum Gasteiger partial charge on any atom is 0.319 e. The number of aryl methyl sites for hydroxylation is 1. The smallest absolute Gasteiger partial charge is 0.319 e. The lowest BCUT2D eigenvalue weighted by atomic mass is 9.92. The Morgan fingerprint density at radius 1 is 1.20 bits per heavy atom. The molecule has 3 N–H and O–H groups in total. The third kappa shape index (κ3) is 4.73. The Morgan fingerprint density at radius 2 is 2.07 bits per heavy atom. The Kier molecular flexibility index (Phi) is 7.51. The first-order valence-electron chi connectivity index (χ1n) is 15.3. The van der Waals surface area contributed by atoms with E-state index in [9.17, 15) is 14.0 Å². The second-order valence-electron chi connectivity index (χ2n) is 12.0. The molecule has 0 amide bonds. The standard InChI is InChI=1S/C32H34F3N7OS/c1-2-18-13-21-27(26(35)24(18)20-7-8-23(34)28-25(20)22(15-36)29(37)44-28)39-31(40-30(21)42-12-5-3-4-10-38-42)43-17-32-9-6-11-41(32)16-19(33)14-32/h7-8,13,19,38H,2-6,9-12,14,16-17,37H2,1H3/t19-,32+/m1/s1. The zero-order chi connectivity index (χ0) is 30.6. The van der Waals surface area contributed by atoms with E-state index in [1.807, 2.05) is 18.0 Å². The van der Waals surface area contributed by atoms with Crippen LogP contribution in [0, 0.1) is 23.0 Å². The molecule has 4 aromatic rings. The van der Waals surface area contributed by atoms with Crippen LogP contribution in [0.25, 0.3) is 32.1 Å². The minimum atomic E-state index is -0.905. The minimum absolute atomic E-state index is 0.0259. The number of halogens is 3. The van der Waals surface area contributed by atoms with Gasteiger partial charge in [-0.25, -0.2) is 18.6 Å². The van der Waals surface area contributed by atoms with E-state index in [1.165, 1.54) is 12.1 Å². The number of fused-ring (bicyclic) bond motifs is 3. The van der Waals surface area contributed by atoms with Crippen LogP contribution < -0.4 is 20.9 Å². The van der Waals surface area contributed by atoms with Crippen LogP contribution in [0.1, 0.15) is 56.6 Å². The number of nitrogen functional groups attached to an aromatic ring is 1. The lowest BCUT2D eigenvalue weighted by molar-refractivity contribution is 0.107. The van der Waals surface area contributed by atoms with Crippen molar-refractivity contribution < 1.29 is 17.9 Å². The van der Waals surface area contributed by atoms with E-state index in [-0.39, 0.29) is 39.0 Å². The van der Waals surface area contributed by atoms with Gasteiger partial charge in [-0.1, -0.05) is 19.4 Å². The van der Waals surface area contributed by atoms with Crippen molar-refractivity contribution in [2.75, 3.05) is 43.5 Å². The number of ether oxygens (including phenoxy) is 1. The predicted molar refractivity (Wildman–Crippen MR) is 167 cm³/mol. The van der Waals surface area contributed by atoms with Crippen LogP contribution in [0.3, 0.4) is 0 Å². The second kappa shape index (κ2) is 11.4. The summed E-state index contributed by atoms with van der Waals surface area (Å²) in [6.45, 7) is 4.79. The third-order valence-corrected chi connectivity index (χ3v) is 10.4. The van der Waals surface area contributed by atoms with Gasteiger partial charge in [0.05, 0.1) is 15.8 Å². The second-order valence-corrected chi connectivity index (χ2v) is 13.1. The lowest BCUT2D eigenvalue weighted by Gasteiger charge is -2.31. The number of hydrazine groups is 1. The van der Waals surface area contributed by atoms with Crippen LogP contribution in [-0.2, 0) is 6.42 Å². The Labute approximate surface area is 257 Å². The van der Waals surface area contributed by atoms with E-state index in [0.29, 0.717) is 53.6 Å². The topological polar surface area (TPSA) is 103 Å². The van der Waals surface area contributed by atoms with Crippen LogP contribution in [0.15, 0.2) is 18.2 Å². The molecule has 0 unspecified atom stereocenters. The van der Waals surface area contributed by atoms with Crippen molar-refractivity contribution in [2.45, 2.75) is 63.6 Å². The number of aromatic nitrogens is 2. The highest BCUT2D eigenvalue weighted by molar-refractivity contribution is 7.23. The van der Waals surface area contributed by atoms with E-state index in [2.05, 4.69) is 21.4 Å². The summed E-state index contributed by atoms with van der Waals surface area (Å²) in [7, 11) is 0. The van der Waals surface area contributed by atoms with Crippen molar-refractivity contribution in [1.82, 2.24) is 20.3 Å². The van der Waals surface area contributed by atoms with Crippen LogP contribution in [0.4, 0.5) is 24.0 Å². The molecule has 7 rings (SSSR count). The highest BCUT2D eigenvalue weighted by Crippen LogP contribution is 2.45. The summed E-state index contributed by atoms with van der Waals surface area (Å²) in [5, 5.41) is 12.8. The SMILES string of the molecule is CCc1cc2c(N3CCCCCN3)nc(OC[C@@]34CCCN3C[C@H](F)C4)nc2c(F)c1-c1ccc(F)c2sc(N)c(C#N)c12. The van der Waals surface area contributed by atoms with E-state index in [1.54, 1.807) is 0 Å². The number of benzene rings is 2. The summed E-state index contributed by atoms with van der Waals surface area (Å²) in [6.07, 6.45) is 4.76. The molecule has 8 nitrogen and oxygen atoms in total. The Bertz CT molecular complexity index is 1800. The molecule has 0 spiro atoms. The van der Waals surface area contributed by atoms with E-state index < -0.39 is 23.3 Å². The number of nitrogens with zero attached hydrogens (tertiary/aromatic N) is 5. The van der Waals surface area contributed by atoms with Gasteiger partial charge in [0.2, 0.25) is 0 Å². The Morgan fingerprint density at radius 3 is 2.89 bits per heavy atom. The fraction of sp³-hybridized carbons (Fsp3) is 0.469. The Balaban J connectivity index is 1.41. The number of rotatable bonds is 6. The zero-order valence-electron chi connectivity index (χ0n) is 24.6. The first-order valence-corrected chi connectivity index (χ1v) is 16.1. The van der Waals surface area contributed by atoms with Crippen molar-refractivity contribution in [3.05, 3.63) is 41.0 Å². The summed E-state index contributed by atoms with van der Waals surface area (Å²) >= 11 is 0.980. The number of thiophene rings is 1. The average Bonchev–Trinajstić information content (AvgIpc) is 3.56. The average molecular weight is 622 g/mol. The fourth-order valence-electron chi connectivity index (χ4n) is 7.29. The number of anilines is 2. The van der Waals surface area contributed by atoms with Crippen LogP contribution in [-0.4, -0.2) is 59.4 Å². The van der Waals surface area contributed by atoms with Gasteiger partial charge >= 0.3 is 6.01 Å². The van der Waals surface area contributed by atoms with Gasteiger partial charge in [-0.05, 0) is 61.9 Å². The van der Waals surface area contributed by atoms with Crippen molar-refractivity contribution >= 4 is 43.1 Å². The number of hydrogen-bond donors (Lipinski definition) is 2. The molecule has 12 heteroatoms. The van der Waals surface area contributed by atoms with Crippen LogP contribution in [0.5, 0.6) is 6.01 Å². The van der Waals surface area contributed by atoms with E-state index in [0.717, 1.165) is 56.5 Å². The molecule has 0 radical (unpaired) electrons. The van der Waals surface area contributed by atoms with E-state index >= 15 is 4.39 Å². The molecule has 230 valence electrons. The van der Waals surface area contributed by atoms with Gasteiger partial charge in [-0.2, -0.15) is 15.2 Å². The summed E-state index contributed by atoms with van der Waals surface area (Å²) in [5.74, 6) is -0.601. The molecular weight excluding hydrogens is 587 g/mol. The maximum absolute atomic E-state index is 17.0. The summed E-state index contributed by atoms with van der Waals surface area (Å²) < 4.78 is 52.8. The molecular formula is C32H34F3N7OS. The number of alkyl halides is 1. The van der Waals surface area contributed by atoms with Crippen LogP contribution >= 0.6 is 11.3 Å². The largest absolute Gasteiger partial charge is 0.461 e. The molecule has 2 aromatic heterocycles. The molecule has 2 atom stereocenters. The minimum Gasteiger partial charge on any atom is -0.461 e. The molecule has 0 bridgehead atoms. The molecule has 5 heterocycles. The van der Waals surface area contributed by atoms with Crippen molar-refractivity contribution in [2.24, 2.45) is 0 Å².